The van der Waals surface area contributed by atoms with Crippen LogP contribution in [-0.4, -0.2) is 30.6 Å². The summed E-state index contributed by atoms with van der Waals surface area (Å²) in [5.41, 5.74) is 5.53. The quantitative estimate of drug-likeness (QED) is 0.722. The minimum Gasteiger partial charge on any atom is -0.330 e. The van der Waals surface area contributed by atoms with Gasteiger partial charge >= 0.3 is 0 Å². The molecule has 0 aromatic heterocycles. The lowest BCUT2D eigenvalue weighted by Crippen LogP contribution is -2.43. The van der Waals surface area contributed by atoms with Gasteiger partial charge in [-0.3, -0.25) is 0 Å². The van der Waals surface area contributed by atoms with Crippen LogP contribution >= 0.6 is 0 Å². The number of likely N-dealkylation sites (tertiary alicyclic amines) is 1. The van der Waals surface area contributed by atoms with Crippen LogP contribution in [0.25, 0.3) is 0 Å². The molecule has 0 radical (unpaired) electrons. The van der Waals surface area contributed by atoms with E-state index in [9.17, 15) is 0 Å². The van der Waals surface area contributed by atoms with E-state index in [1.165, 1.54) is 32.4 Å². The van der Waals surface area contributed by atoms with Gasteiger partial charge in [-0.2, -0.15) is 0 Å². The van der Waals surface area contributed by atoms with Gasteiger partial charge in [0.05, 0.1) is 0 Å². The van der Waals surface area contributed by atoms with Gasteiger partial charge in [0.15, 0.2) is 0 Å². The molecule has 1 fully saturated rings. The standard InChI is InChI=1S/C11H24N2/c1-3-11-6-4-8-13(10(11)2)9-5-7-12/h10-11H,3-9,12H2,1-2H3/t10-,11+/m0/s1. The number of nitrogens with two attached hydrogens (primary N) is 1. The van der Waals surface area contributed by atoms with Crippen LogP contribution < -0.4 is 5.73 Å². The van der Waals surface area contributed by atoms with E-state index in [0.29, 0.717) is 0 Å². The third-order valence-electron chi connectivity index (χ3n) is 3.45. The summed E-state index contributed by atoms with van der Waals surface area (Å²) in [6.07, 6.45) is 5.30. The molecule has 1 rings (SSSR count). The summed E-state index contributed by atoms with van der Waals surface area (Å²) >= 11 is 0. The molecule has 0 spiro atoms. The van der Waals surface area contributed by atoms with Crippen LogP contribution in [-0.2, 0) is 0 Å². The molecule has 1 aliphatic heterocycles. The molecule has 1 heterocycles. The average Bonchev–Trinajstić information content (AvgIpc) is 2.16. The van der Waals surface area contributed by atoms with E-state index in [2.05, 4.69) is 18.7 Å². The zero-order chi connectivity index (χ0) is 9.68. The van der Waals surface area contributed by atoms with Gasteiger partial charge in [-0.05, 0) is 51.7 Å². The van der Waals surface area contributed by atoms with Crippen LogP contribution in [0.2, 0.25) is 0 Å². The van der Waals surface area contributed by atoms with Crippen LogP contribution in [0.1, 0.15) is 39.5 Å². The number of hydrogen-bond acceptors (Lipinski definition) is 2. The third kappa shape index (κ3) is 2.96. The normalized spacial score (nSPS) is 30.7. The Balaban J connectivity index is 2.35. The van der Waals surface area contributed by atoms with Gasteiger partial charge < -0.3 is 10.6 Å². The maximum Gasteiger partial charge on any atom is 0.00951 e. The summed E-state index contributed by atoms with van der Waals surface area (Å²) in [6, 6.07) is 0.783. The Hall–Kier alpha value is -0.0800. The number of hydrogen-bond donors (Lipinski definition) is 1. The molecule has 2 N–H and O–H groups in total. The van der Waals surface area contributed by atoms with Gasteiger partial charge in [0.2, 0.25) is 0 Å². The van der Waals surface area contributed by atoms with Gasteiger partial charge in [0, 0.05) is 6.04 Å². The Morgan fingerprint density at radius 2 is 2.23 bits per heavy atom. The number of rotatable bonds is 4. The lowest BCUT2D eigenvalue weighted by molar-refractivity contribution is 0.102. The molecule has 1 saturated heterocycles. The monoisotopic (exact) mass is 184 g/mol. The van der Waals surface area contributed by atoms with E-state index in [-0.39, 0.29) is 0 Å². The van der Waals surface area contributed by atoms with Crippen molar-refractivity contribution in [2.75, 3.05) is 19.6 Å². The van der Waals surface area contributed by atoms with Crippen molar-refractivity contribution >= 4 is 0 Å². The first kappa shape index (κ1) is 11.0. The van der Waals surface area contributed by atoms with Crippen molar-refractivity contribution in [1.82, 2.24) is 4.90 Å². The van der Waals surface area contributed by atoms with Crippen molar-refractivity contribution in [3.8, 4) is 0 Å². The van der Waals surface area contributed by atoms with Crippen LogP contribution in [0.5, 0.6) is 0 Å². The summed E-state index contributed by atoms with van der Waals surface area (Å²) in [4.78, 5) is 2.62. The largest absolute Gasteiger partial charge is 0.330 e. The second-order valence-electron chi connectivity index (χ2n) is 4.23. The highest BCUT2D eigenvalue weighted by Crippen LogP contribution is 2.25. The predicted octanol–water partition coefficient (Wildman–Crippen LogP) is 1.85. The van der Waals surface area contributed by atoms with Gasteiger partial charge in [-0.15, -0.1) is 0 Å². The SMILES string of the molecule is CC[C@@H]1CCCN(CCCN)[C@H]1C. The van der Waals surface area contributed by atoms with E-state index in [1.807, 2.05) is 0 Å². The molecule has 0 saturated carbocycles. The first-order valence-electron chi connectivity index (χ1n) is 5.73. The Kier molecular flexibility index (Phi) is 4.74. The lowest BCUT2D eigenvalue weighted by atomic mass is 9.88. The minimum absolute atomic E-state index is 0.783. The predicted molar refractivity (Wildman–Crippen MR) is 57.7 cm³/mol. The van der Waals surface area contributed by atoms with Gasteiger partial charge in [0.1, 0.15) is 0 Å². The zero-order valence-corrected chi connectivity index (χ0v) is 9.13. The Labute approximate surface area is 82.5 Å². The van der Waals surface area contributed by atoms with Crippen molar-refractivity contribution in [3.05, 3.63) is 0 Å². The molecule has 0 aromatic rings. The molecule has 0 bridgehead atoms. The van der Waals surface area contributed by atoms with Crippen LogP contribution in [0.3, 0.4) is 0 Å². The zero-order valence-electron chi connectivity index (χ0n) is 9.13. The van der Waals surface area contributed by atoms with Gasteiger partial charge in [0.25, 0.3) is 0 Å². The van der Waals surface area contributed by atoms with Crippen LogP contribution in [0.4, 0.5) is 0 Å². The summed E-state index contributed by atoms with van der Waals surface area (Å²) in [5, 5.41) is 0. The van der Waals surface area contributed by atoms with Crippen molar-refractivity contribution < 1.29 is 0 Å². The summed E-state index contributed by atoms with van der Waals surface area (Å²) in [6.45, 7) is 8.02. The Morgan fingerprint density at radius 1 is 1.46 bits per heavy atom. The summed E-state index contributed by atoms with van der Waals surface area (Å²) in [7, 11) is 0. The molecule has 2 nitrogen and oxygen atoms in total. The fourth-order valence-electron chi connectivity index (χ4n) is 2.45. The van der Waals surface area contributed by atoms with Crippen molar-refractivity contribution in [2.24, 2.45) is 11.7 Å². The molecule has 2 heteroatoms. The minimum atomic E-state index is 0.783. The maximum atomic E-state index is 5.53. The highest BCUT2D eigenvalue weighted by Gasteiger charge is 2.25. The average molecular weight is 184 g/mol. The highest BCUT2D eigenvalue weighted by atomic mass is 15.2. The number of nitrogens with zero attached hydrogens (tertiary/aromatic N) is 1. The summed E-state index contributed by atoms with van der Waals surface area (Å²) in [5.74, 6) is 0.923. The molecule has 78 valence electrons. The fourth-order valence-corrected chi connectivity index (χ4v) is 2.45. The first-order valence-corrected chi connectivity index (χ1v) is 5.73. The maximum absolute atomic E-state index is 5.53. The molecule has 0 unspecified atom stereocenters. The molecule has 0 aromatic carbocycles. The smallest absolute Gasteiger partial charge is 0.00951 e. The van der Waals surface area contributed by atoms with Crippen molar-refractivity contribution in [3.63, 3.8) is 0 Å². The topological polar surface area (TPSA) is 29.3 Å². The highest BCUT2D eigenvalue weighted by molar-refractivity contribution is 4.80. The molecule has 2 atom stereocenters. The van der Waals surface area contributed by atoms with E-state index in [1.54, 1.807) is 0 Å². The third-order valence-corrected chi connectivity index (χ3v) is 3.45. The second kappa shape index (κ2) is 5.61. The summed E-state index contributed by atoms with van der Waals surface area (Å²) < 4.78 is 0. The first-order chi connectivity index (χ1) is 6.29. The van der Waals surface area contributed by atoms with Crippen molar-refractivity contribution in [1.29, 1.82) is 0 Å². The van der Waals surface area contributed by atoms with Crippen LogP contribution in [0, 0.1) is 5.92 Å². The van der Waals surface area contributed by atoms with E-state index >= 15 is 0 Å². The van der Waals surface area contributed by atoms with Gasteiger partial charge in [-0.1, -0.05) is 13.3 Å². The fraction of sp³-hybridized carbons (Fsp3) is 1.00. The van der Waals surface area contributed by atoms with Crippen molar-refractivity contribution in [2.45, 2.75) is 45.6 Å². The molecular weight excluding hydrogens is 160 g/mol. The molecule has 0 amide bonds. The molecular formula is C11H24N2. The second-order valence-corrected chi connectivity index (χ2v) is 4.23. The van der Waals surface area contributed by atoms with E-state index in [0.717, 1.165) is 24.9 Å². The van der Waals surface area contributed by atoms with Gasteiger partial charge in [-0.25, -0.2) is 0 Å². The van der Waals surface area contributed by atoms with Crippen LogP contribution in [0.15, 0.2) is 0 Å². The Bertz CT molecular complexity index is 136. The lowest BCUT2D eigenvalue weighted by Gasteiger charge is -2.39. The van der Waals surface area contributed by atoms with E-state index in [4.69, 9.17) is 5.73 Å². The number of piperidine rings is 1. The molecule has 13 heavy (non-hydrogen) atoms. The Morgan fingerprint density at radius 3 is 2.85 bits per heavy atom. The molecule has 0 aliphatic carbocycles. The van der Waals surface area contributed by atoms with E-state index < -0.39 is 0 Å². The molecule has 1 aliphatic rings.